The Morgan fingerprint density at radius 3 is 2.82 bits per heavy atom. The van der Waals surface area contributed by atoms with Crippen LogP contribution in [0.4, 0.5) is 0 Å². The fourth-order valence-electron chi connectivity index (χ4n) is 1.66. The Morgan fingerprint density at radius 1 is 1.47 bits per heavy atom. The summed E-state index contributed by atoms with van der Waals surface area (Å²) in [6, 6.07) is 4.97. The molecule has 0 unspecified atom stereocenters. The molecule has 0 saturated heterocycles. The maximum absolute atomic E-state index is 10.8. The third kappa shape index (κ3) is 2.22. The van der Waals surface area contributed by atoms with Crippen molar-refractivity contribution in [2.45, 2.75) is 20.3 Å². The number of nitrogens with zero attached hydrogens (tertiary/aromatic N) is 1. The molecule has 0 saturated carbocycles. The first-order valence-corrected chi connectivity index (χ1v) is 6.22. The number of carbonyl (C=O) groups is 1. The Balaban J connectivity index is 2.48. The normalized spacial score (nSPS) is 10.5. The summed E-state index contributed by atoms with van der Waals surface area (Å²) in [6.07, 6.45) is 1.61. The standard InChI is InChI=1S/C13H13NO2S/c1-3-12-8(2)14-13(17-12)9-4-5-11(16)10(6-9)7-15/h4-7,16H,3H2,1-2H3. The van der Waals surface area contributed by atoms with Crippen molar-refractivity contribution in [1.82, 2.24) is 4.98 Å². The Bertz CT molecular complexity index is 561. The quantitative estimate of drug-likeness (QED) is 0.847. The van der Waals surface area contributed by atoms with E-state index in [9.17, 15) is 9.90 Å². The largest absolute Gasteiger partial charge is 0.507 e. The summed E-state index contributed by atoms with van der Waals surface area (Å²) in [5, 5.41) is 10.3. The molecule has 0 radical (unpaired) electrons. The molecule has 2 rings (SSSR count). The number of aromatic hydroxyl groups is 1. The maximum Gasteiger partial charge on any atom is 0.153 e. The number of carbonyl (C=O) groups excluding carboxylic acids is 1. The topological polar surface area (TPSA) is 50.2 Å². The summed E-state index contributed by atoms with van der Waals surface area (Å²) in [5.74, 6) is 0.00717. The Kier molecular flexibility index (Phi) is 3.24. The summed E-state index contributed by atoms with van der Waals surface area (Å²) < 4.78 is 0. The average Bonchev–Trinajstić information content (AvgIpc) is 2.71. The zero-order chi connectivity index (χ0) is 12.4. The summed E-state index contributed by atoms with van der Waals surface area (Å²) >= 11 is 1.63. The highest BCUT2D eigenvalue weighted by atomic mass is 32.1. The van der Waals surface area contributed by atoms with Gasteiger partial charge in [0.05, 0.1) is 11.3 Å². The van der Waals surface area contributed by atoms with Crippen LogP contribution < -0.4 is 0 Å². The van der Waals surface area contributed by atoms with Gasteiger partial charge < -0.3 is 5.11 Å². The molecule has 1 aromatic heterocycles. The van der Waals surface area contributed by atoms with Crippen LogP contribution in [-0.4, -0.2) is 16.4 Å². The minimum absolute atomic E-state index is 0.00717. The number of phenols is 1. The summed E-state index contributed by atoms with van der Waals surface area (Å²) in [4.78, 5) is 16.5. The van der Waals surface area contributed by atoms with Gasteiger partial charge in [-0.05, 0) is 31.5 Å². The molecule has 0 aliphatic heterocycles. The smallest absolute Gasteiger partial charge is 0.153 e. The van der Waals surface area contributed by atoms with E-state index in [2.05, 4.69) is 11.9 Å². The van der Waals surface area contributed by atoms with Crippen LogP contribution in [0.5, 0.6) is 5.75 Å². The molecular weight excluding hydrogens is 234 g/mol. The lowest BCUT2D eigenvalue weighted by molar-refractivity contribution is 0.112. The van der Waals surface area contributed by atoms with Crippen LogP contribution in [0.15, 0.2) is 18.2 Å². The lowest BCUT2D eigenvalue weighted by Gasteiger charge is -2.00. The molecule has 0 aliphatic rings. The molecule has 1 N–H and O–H groups in total. The van der Waals surface area contributed by atoms with Crippen LogP contribution in [-0.2, 0) is 6.42 Å². The SMILES string of the molecule is CCc1sc(-c2ccc(O)c(C=O)c2)nc1C. The lowest BCUT2D eigenvalue weighted by Crippen LogP contribution is -1.84. The van der Waals surface area contributed by atoms with Crippen molar-refractivity contribution in [3.05, 3.63) is 34.3 Å². The molecule has 1 heterocycles. The molecule has 4 heteroatoms. The van der Waals surface area contributed by atoms with E-state index in [-0.39, 0.29) is 5.75 Å². The van der Waals surface area contributed by atoms with Gasteiger partial charge in [0.15, 0.2) is 6.29 Å². The van der Waals surface area contributed by atoms with Crippen LogP contribution in [0.2, 0.25) is 0 Å². The van der Waals surface area contributed by atoms with Gasteiger partial charge in [-0.25, -0.2) is 4.98 Å². The second-order valence-corrected chi connectivity index (χ2v) is 4.86. The fraction of sp³-hybridized carbons (Fsp3) is 0.231. The molecule has 0 amide bonds. The molecule has 0 fully saturated rings. The molecule has 0 atom stereocenters. The summed E-state index contributed by atoms with van der Waals surface area (Å²) in [6.45, 7) is 4.08. The molecule has 17 heavy (non-hydrogen) atoms. The van der Waals surface area contributed by atoms with Gasteiger partial charge in [0, 0.05) is 10.4 Å². The van der Waals surface area contributed by atoms with Gasteiger partial charge in [-0.2, -0.15) is 0 Å². The molecule has 2 aromatic rings. The van der Waals surface area contributed by atoms with E-state index >= 15 is 0 Å². The van der Waals surface area contributed by atoms with Gasteiger partial charge in [0.1, 0.15) is 10.8 Å². The minimum Gasteiger partial charge on any atom is -0.507 e. The lowest BCUT2D eigenvalue weighted by atomic mass is 10.1. The van der Waals surface area contributed by atoms with Gasteiger partial charge in [-0.3, -0.25) is 4.79 Å². The highest BCUT2D eigenvalue weighted by molar-refractivity contribution is 7.15. The van der Waals surface area contributed by atoms with E-state index < -0.39 is 0 Å². The minimum atomic E-state index is 0.00717. The fourth-order valence-corrected chi connectivity index (χ4v) is 2.66. The van der Waals surface area contributed by atoms with Gasteiger partial charge >= 0.3 is 0 Å². The van der Waals surface area contributed by atoms with E-state index in [1.807, 2.05) is 6.92 Å². The average molecular weight is 247 g/mol. The molecule has 0 spiro atoms. The Hall–Kier alpha value is -1.68. The van der Waals surface area contributed by atoms with Crippen molar-refractivity contribution in [3.8, 4) is 16.3 Å². The van der Waals surface area contributed by atoms with Gasteiger partial charge in [-0.1, -0.05) is 6.92 Å². The summed E-state index contributed by atoms with van der Waals surface area (Å²) in [5.41, 5.74) is 2.21. The Morgan fingerprint density at radius 2 is 2.24 bits per heavy atom. The Labute approximate surface area is 104 Å². The van der Waals surface area contributed by atoms with Gasteiger partial charge in [-0.15, -0.1) is 11.3 Å². The number of rotatable bonds is 3. The number of aryl methyl sites for hydroxylation is 2. The molecule has 0 aliphatic carbocycles. The predicted molar refractivity (Wildman–Crippen MR) is 68.7 cm³/mol. The van der Waals surface area contributed by atoms with Crippen LogP contribution in [0.25, 0.3) is 10.6 Å². The van der Waals surface area contributed by atoms with Crippen molar-refractivity contribution in [2.75, 3.05) is 0 Å². The first-order valence-electron chi connectivity index (χ1n) is 5.40. The van der Waals surface area contributed by atoms with Gasteiger partial charge in [0.25, 0.3) is 0 Å². The van der Waals surface area contributed by atoms with Crippen LogP contribution in [0, 0.1) is 6.92 Å². The highest BCUT2D eigenvalue weighted by Crippen LogP contribution is 2.30. The van der Waals surface area contributed by atoms with E-state index in [1.165, 1.54) is 10.9 Å². The van der Waals surface area contributed by atoms with E-state index in [0.717, 1.165) is 22.7 Å². The van der Waals surface area contributed by atoms with Crippen LogP contribution >= 0.6 is 11.3 Å². The number of phenolic OH excluding ortho intramolecular Hbond substituents is 1. The van der Waals surface area contributed by atoms with E-state index in [0.29, 0.717) is 11.8 Å². The zero-order valence-corrected chi connectivity index (χ0v) is 10.5. The van der Waals surface area contributed by atoms with Crippen molar-refractivity contribution < 1.29 is 9.90 Å². The summed E-state index contributed by atoms with van der Waals surface area (Å²) in [7, 11) is 0. The second-order valence-electron chi connectivity index (χ2n) is 3.77. The number of aromatic nitrogens is 1. The number of thiazole rings is 1. The van der Waals surface area contributed by atoms with E-state index in [4.69, 9.17) is 0 Å². The predicted octanol–water partition coefficient (Wildman–Crippen LogP) is 3.20. The number of hydrogen-bond donors (Lipinski definition) is 1. The number of hydrogen-bond acceptors (Lipinski definition) is 4. The third-order valence-electron chi connectivity index (χ3n) is 2.62. The van der Waals surface area contributed by atoms with Crippen molar-refractivity contribution >= 4 is 17.6 Å². The molecule has 3 nitrogen and oxygen atoms in total. The first kappa shape index (κ1) is 11.8. The van der Waals surface area contributed by atoms with Crippen molar-refractivity contribution in [2.24, 2.45) is 0 Å². The van der Waals surface area contributed by atoms with Crippen molar-refractivity contribution in [1.29, 1.82) is 0 Å². The third-order valence-corrected chi connectivity index (χ3v) is 3.97. The molecule has 88 valence electrons. The van der Waals surface area contributed by atoms with Crippen LogP contribution in [0.1, 0.15) is 27.9 Å². The first-order chi connectivity index (χ1) is 8.15. The van der Waals surface area contributed by atoms with E-state index in [1.54, 1.807) is 23.5 Å². The van der Waals surface area contributed by atoms with Gasteiger partial charge in [0.2, 0.25) is 0 Å². The number of aldehydes is 1. The number of benzene rings is 1. The maximum atomic E-state index is 10.8. The molecule has 0 bridgehead atoms. The highest BCUT2D eigenvalue weighted by Gasteiger charge is 2.10. The zero-order valence-electron chi connectivity index (χ0n) is 9.73. The second kappa shape index (κ2) is 4.67. The monoisotopic (exact) mass is 247 g/mol. The van der Waals surface area contributed by atoms with Crippen molar-refractivity contribution in [3.63, 3.8) is 0 Å². The van der Waals surface area contributed by atoms with Crippen LogP contribution in [0.3, 0.4) is 0 Å². The molecular formula is C13H13NO2S. The molecule has 1 aromatic carbocycles.